The van der Waals surface area contributed by atoms with Gasteiger partial charge in [-0.3, -0.25) is 0 Å². The summed E-state index contributed by atoms with van der Waals surface area (Å²) in [4.78, 5) is 0. The molecule has 0 atom stereocenters. The molecule has 12 rings (SSSR count). The van der Waals surface area contributed by atoms with Crippen LogP contribution in [0.25, 0.3) is 111 Å². The van der Waals surface area contributed by atoms with E-state index in [-0.39, 0.29) is 5.56 Å². The van der Waals surface area contributed by atoms with Gasteiger partial charge in [-0.25, -0.2) is 0 Å². The third kappa shape index (κ3) is 7.08. The van der Waals surface area contributed by atoms with E-state index in [9.17, 15) is 23.7 Å². The second-order valence-corrected chi connectivity index (χ2v) is 17.4. The molecule has 12 aromatic rings. The van der Waals surface area contributed by atoms with Crippen LogP contribution < -0.4 is 0 Å². The fraction of sp³-hybridized carbons (Fsp3) is 0.0159. The number of rotatable bonds is 7. The first kappa shape index (κ1) is 42.0. The van der Waals surface area contributed by atoms with Crippen molar-refractivity contribution < 1.29 is 13.2 Å². The lowest BCUT2D eigenvalue weighted by molar-refractivity contribution is -0.137. The summed E-state index contributed by atoms with van der Waals surface area (Å²) >= 11 is 0. The highest BCUT2D eigenvalue weighted by Crippen LogP contribution is 2.45. The Hall–Kier alpha value is -9.43. The number of aromatic nitrogens is 2. The maximum absolute atomic E-state index is 14.4. The summed E-state index contributed by atoms with van der Waals surface area (Å²) in [6, 6.07) is 77.4. The van der Waals surface area contributed by atoms with Gasteiger partial charge in [0, 0.05) is 32.7 Å². The topological polar surface area (TPSA) is 57.4 Å². The maximum Gasteiger partial charge on any atom is 0.416 e. The Morgan fingerprint density at radius 2 is 0.671 bits per heavy atom. The largest absolute Gasteiger partial charge is 0.416 e. The summed E-state index contributed by atoms with van der Waals surface area (Å²) < 4.78 is 47.5. The smallest absolute Gasteiger partial charge is 0.309 e. The van der Waals surface area contributed by atoms with Crippen LogP contribution in [0, 0.1) is 22.7 Å². The molecular weight excluding hydrogens is 870 g/mol. The molecule has 0 aliphatic heterocycles. The Kier molecular flexibility index (Phi) is 10.0. The molecule has 0 spiro atoms. The Morgan fingerprint density at radius 1 is 0.314 bits per heavy atom. The van der Waals surface area contributed by atoms with E-state index in [1.807, 2.05) is 84.9 Å². The highest BCUT2D eigenvalue weighted by Gasteiger charge is 2.32. The van der Waals surface area contributed by atoms with Crippen molar-refractivity contribution in [2.75, 3.05) is 0 Å². The van der Waals surface area contributed by atoms with Crippen LogP contribution >= 0.6 is 0 Å². The Morgan fingerprint density at radius 3 is 1.01 bits per heavy atom. The number of nitriles is 2. The fourth-order valence-corrected chi connectivity index (χ4v) is 10.1. The minimum Gasteiger partial charge on any atom is -0.309 e. The molecule has 0 aliphatic rings. The van der Waals surface area contributed by atoms with Gasteiger partial charge < -0.3 is 9.13 Å². The van der Waals surface area contributed by atoms with Gasteiger partial charge in [0.2, 0.25) is 0 Å². The summed E-state index contributed by atoms with van der Waals surface area (Å²) in [5.41, 5.74) is 12.3. The van der Waals surface area contributed by atoms with Gasteiger partial charge in [0.25, 0.3) is 0 Å². The van der Waals surface area contributed by atoms with Gasteiger partial charge in [-0.2, -0.15) is 23.7 Å². The molecule has 4 nitrogen and oxygen atoms in total. The van der Waals surface area contributed by atoms with Crippen LogP contribution in [0.1, 0.15) is 16.7 Å². The van der Waals surface area contributed by atoms with Crippen LogP contribution in [-0.2, 0) is 6.18 Å². The third-order valence-electron chi connectivity index (χ3n) is 13.4. The van der Waals surface area contributed by atoms with Gasteiger partial charge in [-0.1, -0.05) is 176 Å². The summed E-state index contributed by atoms with van der Waals surface area (Å²) in [6.45, 7) is 0. The van der Waals surface area contributed by atoms with Gasteiger partial charge in [0.15, 0.2) is 0 Å². The number of fused-ring (bicyclic) bond motifs is 6. The number of benzene rings is 10. The number of alkyl halides is 3. The molecule has 0 aliphatic carbocycles. The minimum atomic E-state index is -4.69. The zero-order valence-corrected chi connectivity index (χ0v) is 37.3. The predicted octanol–water partition coefficient (Wildman–Crippen LogP) is 17.0. The van der Waals surface area contributed by atoms with Gasteiger partial charge >= 0.3 is 6.18 Å². The normalized spacial score (nSPS) is 11.6. The highest BCUT2D eigenvalue weighted by atomic mass is 19.4. The summed E-state index contributed by atoms with van der Waals surface area (Å²) in [7, 11) is 0. The molecule has 0 amide bonds. The van der Waals surface area contributed by atoms with Crippen molar-refractivity contribution in [3.8, 4) is 79.1 Å². The average Bonchev–Trinajstić information content (AvgIpc) is 3.92. The van der Waals surface area contributed by atoms with Crippen molar-refractivity contribution in [3.05, 3.63) is 241 Å². The molecule has 0 bridgehead atoms. The Balaban J connectivity index is 1.23. The van der Waals surface area contributed by atoms with Crippen molar-refractivity contribution in [1.29, 1.82) is 10.5 Å². The molecule has 7 heteroatoms. The Labute approximate surface area is 401 Å². The lowest BCUT2D eigenvalue weighted by atomic mass is 9.94. The van der Waals surface area contributed by atoms with Crippen LogP contribution in [0.15, 0.2) is 224 Å². The van der Waals surface area contributed by atoms with Gasteiger partial charge in [-0.15, -0.1) is 0 Å². The van der Waals surface area contributed by atoms with E-state index in [2.05, 4.69) is 143 Å². The first-order valence-electron chi connectivity index (χ1n) is 22.8. The lowest BCUT2D eigenvalue weighted by Crippen LogP contribution is -2.07. The van der Waals surface area contributed by atoms with E-state index in [4.69, 9.17) is 0 Å². The number of nitrogens with zero attached hydrogens (tertiary/aromatic N) is 4. The Bertz CT molecular complexity index is 3910. The minimum absolute atomic E-state index is 0.151. The van der Waals surface area contributed by atoms with E-state index in [0.29, 0.717) is 28.1 Å². The zero-order valence-electron chi connectivity index (χ0n) is 37.3. The average molecular weight is 907 g/mol. The number of hydrogen-bond donors (Lipinski definition) is 0. The van der Waals surface area contributed by atoms with Crippen molar-refractivity contribution in [2.45, 2.75) is 6.18 Å². The highest BCUT2D eigenvalue weighted by molar-refractivity contribution is 6.13. The molecule has 2 aromatic heterocycles. The standard InChI is InChI=1S/C63H37F3N4/c64-63(65,66)50-25-30-51(48(31-50)38-67)56-37-57(69-58-32-44(40-13-5-1-6-14-40)21-26-52(58)53-27-22-45(33-59(53)69)41-15-7-2-8-16-41)49(39-68)36-62(56)70-60-34-46(42-17-9-3-10-18-42)23-28-54(60)55-29-24-47(35-61(55)70)43-19-11-4-12-20-43/h1-37H. The van der Waals surface area contributed by atoms with E-state index in [1.165, 1.54) is 6.07 Å². The van der Waals surface area contributed by atoms with E-state index < -0.39 is 11.7 Å². The molecule has 70 heavy (non-hydrogen) atoms. The van der Waals surface area contributed by atoms with Crippen molar-refractivity contribution in [1.82, 2.24) is 9.13 Å². The van der Waals surface area contributed by atoms with Gasteiger partial charge in [0.05, 0.1) is 56.2 Å². The molecule has 0 saturated heterocycles. The molecule has 0 radical (unpaired) electrons. The van der Waals surface area contributed by atoms with E-state index in [0.717, 1.165) is 100 Å². The molecule has 0 saturated carbocycles. The molecule has 0 unspecified atom stereocenters. The van der Waals surface area contributed by atoms with Crippen LogP contribution in [0.4, 0.5) is 13.2 Å². The van der Waals surface area contributed by atoms with Crippen LogP contribution in [0.5, 0.6) is 0 Å². The first-order chi connectivity index (χ1) is 34.2. The predicted molar refractivity (Wildman–Crippen MR) is 277 cm³/mol. The second kappa shape index (κ2) is 16.7. The molecule has 330 valence electrons. The van der Waals surface area contributed by atoms with Gasteiger partial charge in [0.1, 0.15) is 6.07 Å². The molecule has 0 fully saturated rings. The number of halogens is 3. The van der Waals surface area contributed by atoms with Crippen LogP contribution in [0.2, 0.25) is 0 Å². The molecule has 10 aromatic carbocycles. The van der Waals surface area contributed by atoms with Crippen LogP contribution in [-0.4, -0.2) is 9.13 Å². The fourth-order valence-electron chi connectivity index (χ4n) is 10.1. The van der Waals surface area contributed by atoms with Crippen molar-refractivity contribution in [3.63, 3.8) is 0 Å². The molecule has 2 heterocycles. The monoisotopic (exact) mass is 906 g/mol. The van der Waals surface area contributed by atoms with Gasteiger partial charge in [-0.05, 0) is 93.0 Å². The van der Waals surface area contributed by atoms with Crippen LogP contribution in [0.3, 0.4) is 0 Å². The second-order valence-electron chi connectivity index (χ2n) is 17.4. The lowest BCUT2D eigenvalue weighted by Gasteiger charge is -2.20. The SMILES string of the molecule is N#Cc1cc(C(F)(F)F)ccc1-c1cc(-n2c3cc(-c4ccccc4)ccc3c3ccc(-c4ccccc4)cc32)c(C#N)cc1-n1c2cc(-c3ccccc3)ccc2c2ccc(-c3ccccc3)cc21. The van der Waals surface area contributed by atoms with Crippen molar-refractivity contribution in [2.24, 2.45) is 0 Å². The third-order valence-corrected chi connectivity index (χ3v) is 13.4. The quantitative estimate of drug-likeness (QED) is 0.160. The summed E-state index contributed by atoms with van der Waals surface area (Å²) in [6.07, 6.45) is -4.69. The maximum atomic E-state index is 14.4. The first-order valence-corrected chi connectivity index (χ1v) is 22.8. The number of hydrogen-bond acceptors (Lipinski definition) is 2. The zero-order chi connectivity index (χ0) is 47.5. The summed E-state index contributed by atoms with van der Waals surface area (Å²) in [5.74, 6) is 0. The molecule has 0 N–H and O–H groups in total. The summed E-state index contributed by atoms with van der Waals surface area (Å²) in [5, 5.41) is 26.1. The molecular formula is C63H37F3N4. The van der Waals surface area contributed by atoms with Crippen molar-refractivity contribution >= 4 is 43.6 Å². The van der Waals surface area contributed by atoms with E-state index in [1.54, 1.807) is 0 Å². The van der Waals surface area contributed by atoms with E-state index >= 15 is 0 Å².